The lowest BCUT2D eigenvalue weighted by molar-refractivity contribution is -0.401. The van der Waals surface area contributed by atoms with E-state index in [4.69, 9.17) is 4.74 Å². The molecule has 2 aliphatic rings. The molecule has 3 aromatic rings. The molecule has 0 aliphatic carbocycles. The summed E-state index contributed by atoms with van der Waals surface area (Å²) in [7, 11) is 4.23. The number of carbonyl (C=O) groups excluding carboxylic acids is 1. The number of hydrogen-bond donors (Lipinski definition) is 0. The molecule has 192 valence electrons. The van der Waals surface area contributed by atoms with Crippen molar-refractivity contribution < 1.29 is 18.7 Å². The number of carbonyl (C=O) groups is 1. The molecule has 3 aromatic carbocycles. The molecule has 4 nitrogen and oxygen atoms in total. The average molecular weight is 505 g/mol. The van der Waals surface area contributed by atoms with Crippen LogP contribution in [0.2, 0.25) is 0 Å². The van der Waals surface area contributed by atoms with Gasteiger partial charge in [0.2, 0.25) is 11.4 Å². The van der Waals surface area contributed by atoms with Gasteiger partial charge in [-0.25, -0.2) is 0 Å². The average Bonchev–Trinajstić information content (AvgIpc) is 3.20. The second-order valence-electron chi connectivity index (χ2n) is 11.2. The summed E-state index contributed by atoms with van der Waals surface area (Å²) in [6.45, 7) is 10.5. The molecule has 2 aliphatic heterocycles. The van der Waals surface area contributed by atoms with Crippen molar-refractivity contribution in [1.29, 1.82) is 0 Å². The Balaban J connectivity index is 1.51. The minimum atomic E-state index is -0.330. The maximum atomic E-state index is 11.8. The van der Waals surface area contributed by atoms with Gasteiger partial charge in [-0.3, -0.25) is 4.79 Å². The quantitative estimate of drug-likeness (QED) is 0.212. The van der Waals surface area contributed by atoms with E-state index in [0.29, 0.717) is 5.75 Å². The van der Waals surface area contributed by atoms with Crippen molar-refractivity contribution in [1.82, 2.24) is 0 Å². The van der Waals surface area contributed by atoms with E-state index in [1.165, 1.54) is 40.8 Å². The Labute approximate surface area is 225 Å². The van der Waals surface area contributed by atoms with Gasteiger partial charge in [0.15, 0.2) is 11.4 Å². The van der Waals surface area contributed by atoms with Crippen molar-refractivity contribution in [2.75, 3.05) is 14.1 Å². The summed E-state index contributed by atoms with van der Waals surface area (Å²) in [5.74, 6) is 0.227. The van der Waals surface area contributed by atoms with Crippen molar-refractivity contribution in [2.45, 2.75) is 45.4 Å². The molecule has 0 saturated carbocycles. The highest BCUT2D eigenvalue weighted by Crippen LogP contribution is 2.40. The fourth-order valence-electron chi connectivity index (χ4n) is 6.00. The van der Waals surface area contributed by atoms with E-state index >= 15 is 0 Å². The van der Waals surface area contributed by atoms with Gasteiger partial charge in [0.1, 0.15) is 19.8 Å². The molecule has 0 bridgehead atoms. The molecule has 0 aromatic heterocycles. The number of hydrogen-bond acceptors (Lipinski definition) is 2. The molecule has 0 atom stereocenters. The molecule has 2 heterocycles. The second-order valence-corrected chi connectivity index (χ2v) is 11.2. The minimum absolute atomic E-state index is 0.0907. The number of benzene rings is 3. The van der Waals surface area contributed by atoms with E-state index in [1.54, 1.807) is 0 Å². The Kier molecular flexibility index (Phi) is 6.30. The van der Waals surface area contributed by atoms with Crippen molar-refractivity contribution in [3.05, 3.63) is 101 Å². The lowest BCUT2D eigenvalue weighted by Gasteiger charge is -2.15. The number of rotatable bonds is 5. The first-order valence-corrected chi connectivity index (χ1v) is 13.1. The minimum Gasteiger partial charge on any atom is -0.426 e. The third-order valence-corrected chi connectivity index (χ3v) is 8.02. The SMILES string of the molecule is CC(=O)Oc1ccc(/C=C/C2=[N+](C)c3ccccc3C2(C)C)cc1/C=C/C1=[N+](C)c2ccccc2C1(C)C. The van der Waals surface area contributed by atoms with Crippen LogP contribution >= 0.6 is 0 Å². The molecule has 0 fully saturated rings. The number of fused-ring (bicyclic) bond motifs is 2. The monoisotopic (exact) mass is 504 g/mol. The third kappa shape index (κ3) is 4.24. The summed E-state index contributed by atoms with van der Waals surface area (Å²) in [4.78, 5) is 11.8. The van der Waals surface area contributed by atoms with Crippen LogP contribution in [0.1, 0.15) is 56.9 Å². The van der Waals surface area contributed by atoms with E-state index < -0.39 is 0 Å². The van der Waals surface area contributed by atoms with Gasteiger partial charge in [0, 0.05) is 47.9 Å². The molecule has 4 heteroatoms. The molecule has 5 rings (SSSR count). The molecule has 0 N–H and O–H groups in total. The first kappa shape index (κ1) is 25.6. The summed E-state index contributed by atoms with van der Waals surface area (Å²) in [5.41, 5.74) is 9.21. The van der Waals surface area contributed by atoms with Crippen LogP contribution in [-0.2, 0) is 15.6 Å². The molecule has 38 heavy (non-hydrogen) atoms. The Bertz CT molecular complexity index is 1580. The summed E-state index contributed by atoms with van der Waals surface area (Å²) >= 11 is 0. The van der Waals surface area contributed by atoms with Crippen molar-refractivity contribution in [2.24, 2.45) is 0 Å². The molecule has 0 amide bonds. The molecule has 0 unspecified atom stereocenters. The van der Waals surface area contributed by atoms with Gasteiger partial charge in [0.05, 0.1) is 10.8 Å². The number of allylic oxidation sites excluding steroid dienone is 2. The predicted molar refractivity (Wildman–Crippen MR) is 156 cm³/mol. The zero-order chi connectivity index (χ0) is 27.2. The summed E-state index contributed by atoms with van der Waals surface area (Å²) in [6.07, 6.45) is 8.55. The van der Waals surface area contributed by atoms with Crippen LogP contribution in [0.15, 0.2) is 78.9 Å². The lowest BCUT2D eigenvalue weighted by atomic mass is 9.81. The highest BCUT2D eigenvalue weighted by atomic mass is 16.5. The number of ether oxygens (including phenoxy) is 1. The normalized spacial score (nSPS) is 17.4. The third-order valence-electron chi connectivity index (χ3n) is 8.02. The van der Waals surface area contributed by atoms with Crippen molar-refractivity contribution in [3.63, 3.8) is 0 Å². The Hall–Kier alpha value is -4.05. The van der Waals surface area contributed by atoms with Crippen LogP contribution < -0.4 is 4.74 Å². The first-order valence-electron chi connectivity index (χ1n) is 13.1. The Morgan fingerprint density at radius 1 is 0.711 bits per heavy atom. The van der Waals surface area contributed by atoms with Crippen molar-refractivity contribution in [3.8, 4) is 5.75 Å². The zero-order valence-electron chi connectivity index (χ0n) is 23.4. The van der Waals surface area contributed by atoms with Crippen LogP contribution in [0.5, 0.6) is 5.75 Å². The van der Waals surface area contributed by atoms with E-state index in [9.17, 15) is 4.79 Å². The first-order chi connectivity index (χ1) is 18.0. The number of para-hydroxylation sites is 2. The van der Waals surface area contributed by atoms with E-state index in [-0.39, 0.29) is 16.8 Å². The van der Waals surface area contributed by atoms with Gasteiger partial charge >= 0.3 is 5.97 Å². The van der Waals surface area contributed by atoms with E-state index in [0.717, 1.165) is 11.1 Å². The standard InChI is InChI=1S/C34H36N2O2/c1-23(37)38-30-19-16-24(17-20-31-33(2,3)26-12-8-10-14-28(26)35(31)6)22-25(30)18-21-32-34(4,5)27-13-9-11-15-29(27)36(32)7/h8-22H,1-7H3/q+2/b20-17+,21-18+. The Morgan fingerprint density at radius 2 is 1.21 bits per heavy atom. The molecular formula is C34H36N2O2+2. The van der Waals surface area contributed by atoms with Gasteiger partial charge < -0.3 is 4.74 Å². The van der Waals surface area contributed by atoms with Gasteiger partial charge in [-0.05, 0) is 57.5 Å². The van der Waals surface area contributed by atoms with Crippen LogP contribution in [0.25, 0.3) is 12.2 Å². The second kappa shape index (κ2) is 9.36. The molecular weight excluding hydrogens is 468 g/mol. The van der Waals surface area contributed by atoms with Gasteiger partial charge in [-0.1, -0.05) is 42.5 Å². The molecule has 0 radical (unpaired) electrons. The van der Waals surface area contributed by atoms with Gasteiger partial charge in [0.25, 0.3) is 0 Å². The topological polar surface area (TPSA) is 32.3 Å². The summed E-state index contributed by atoms with van der Waals surface area (Å²) < 4.78 is 10.1. The maximum absolute atomic E-state index is 11.8. The van der Waals surface area contributed by atoms with Crippen LogP contribution in [-0.4, -0.2) is 40.6 Å². The molecule has 0 spiro atoms. The lowest BCUT2D eigenvalue weighted by Crippen LogP contribution is -2.26. The Morgan fingerprint density at radius 3 is 1.71 bits per heavy atom. The predicted octanol–water partition coefficient (Wildman–Crippen LogP) is 7.05. The van der Waals surface area contributed by atoms with Gasteiger partial charge in [-0.2, -0.15) is 9.15 Å². The summed E-state index contributed by atoms with van der Waals surface area (Å²) in [6, 6.07) is 23.1. The highest BCUT2D eigenvalue weighted by Gasteiger charge is 2.43. The van der Waals surface area contributed by atoms with Crippen molar-refractivity contribution >= 4 is 40.9 Å². The fraction of sp³-hybridized carbons (Fsp3) is 0.265. The number of esters is 1. The van der Waals surface area contributed by atoms with Crippen LogP contribution in [0.4, 0.5) is 11.4 Å². The van der Waals surface area contributed by atoms with Gasteiger partial charge in [-0.15, -0.1) is 0 Å². The largest absolute Gasteiger partial charge is 0.426 e. The summed E-state index contributed by atoms with van der Waals surface area (Å²) in [5, 5.41) is 0. The maximum Gasteiger partial charge on any atom is 0.308 e. The van der Waals surface area contributed by atoms with E-state index in [2.05, 4.69) is 130 Å². The zero-order valence-corrected chi connectivity index (χ0v) is 23.4. The molecule has 0 saturated heterocycles. The fourth-order valence-corrected chi connectivity index (χ4v) is 6.00. The van der Waals surface area contributed by atoms with Crippen LogP contribution in [0, 0.1) is 0 Å². The van der Waals surface area contributed by atoms with E-state index in [1.807, 2.05) is 12.1 Å². The number of nitrogens with zero attached hydrogens (tertiary/aromatic N) is 2. The van der Waals surface area contributed by atoms with Crippen LogP contribution in [0.3, 0.4) is 0 Å². The highest BCUT2D eigenvalue weighted by molar-refractivity contribution is 6.06. The smallest absolute Gasteiger partial charge is 0.308 e.